The lowest BCUT2D eigenvalue weighted by Gasteiger charge is -2.11. The number of benzene rings is 1. The molecule has 4 N–H and O–H groups in total. The summed E-state index contributed by atoms with van der Waals surface area (Å²) in [5, 5.41) is 5.75. The van der Waals surface area contributed by atoms with Crippen LogP contribution in [-0.4, -0.2) is 18.6 Å². The first-order valence-electron chi connectivity index (χ1n) is 5.25. The lowest BCUT2D eigenvalue weighted by Crippen LogP contribution is -2.17. The van der Waals surface area contributed by atoms with E-state index in [-0.39, 0.29) is 26.8 Å². The fourth-order valence-corrected chi connectivity index (χ4v) is 3.83. The number of hydrogen-bond acceptors (Lipinski definition) is 4. The number of rotatable bonds is 4. The van der Waals surface area contributed by atoms with Crippen LogP contribution in [0.15, 0.2) is 27.8 Å². The van der Waals surface area contributed by atoms with Crippen LogP contribution in [0.4, 0.5) is 10.1 Å². The van der Waals surface area contributed by atoms with E-state index in [2.05, 4.69) is 30.8 Å². The summed E-state index contributed by atoms with van der Waals surface area (Å²) in [7, 11) is -3.96. The number of hydrogen-bond donors (Lipinski definition) is 3. The third-order valence-electron chi connectivity index (χ3n) is 2.41. The fourth-order valence-electron chi connectivity index (χ4n) is 1.50. The van der Waals surface area contributed by atoms with Gasteiger partial charge in [-0.3, -0.25) is 9.82 Å². The van der Waals surface area contributed by atoms with Gasteiger partial charge in [-0.25, -0.2) is 4.39 Å². The first-order chi connectivity index (χ1) is 9.35. The van der Waals surface area contributed by atoms with Crippen molar-refractivity contribution in [2.75, 3.05) is 4.72 Å². The second-order valence-electron chi connectivity index (χ2n) is 3.78. The number of nitrogens with zero attached hydrogens (tertiary/aromatic N) is 1. The number of halogens is 3. The Kier molecular flexibility index (Phi) is 4.33. The van der Waals surface area contributed by atoms with E-state index in [0.29, 0.717) is 5.56 Å². The zero-order chi connectivity index (χ0) is 14.9. The summed E-state index contributed by atoms with van der Waals surface area (Å²) < 4.78 is 40.0. The van der Waals surface area contributed by atoms with Gasteiger partial charge in [-0.15, -0.1) is 0 Å². The lowest BCUT2D eigenvalue weighted by atomic mass is 10.3. The molecule has 0 bridgehead atoms. The van der Waals surface area contributed by atoms with Gasteiger partial charge in [-0.2, -0.15) is 13.5 Å². The molecule has 0 aliphatic carbocycles. The van der Waals surface area contributed by atoms with Crippen molar-refractivity contribution < 1.29 is 12.8 Å². The topological polar surface area (TPSA) is 101 Å². The Hall–Kier alpha value is -1.16. The highest BCUT2D eigenvalue weighted by atomic mass is 79.9. The second kappa shape index (κ2) is 5.68. The van der Waals surface area contributed by atoms with E-state index in [0.717, 1.165) is 12.1 Å². The molecule has 2 rings (SSSR count). The molecule has 0 unspecified atom stereocenters. The standard InChI is InChI=1S/C10H9BrClFN4O2S/c11-7-1-6(13)2-8(12)9(7)17-20(18,19)10-5(3-14)4-15-16-10/h1-2,4,17H,3,14H2,(H,15,16). The van der Waals surface area contributed by atoms with Crippen molar-refractivity contribution in [2.24, 2.45) is 5.73 Å². The van der Waals surface area contributed by atoms with E-state index in [9.17, 15) is 12.8 Å². The van der Waals surface area contributed by atoms with Crippen LogP contribution in [0.5, 0.6) is 0 Å². The minimum atomic E-state index is -3.96. The van der Waals surface area contributed by atoms with Crippen LogP contribution in [0, 0.1) is 5.82 Å². The Morgan fingerprint density at radius 2 is 2.20 bits per heavy atom. The second-order valence-corrected chi connectivity index (χ2v) is 6.66. The van der Waals surface area contributed by atoms with Gasteiger partial charge < -0.3 is 5.73 Å². The predicted molar refractivity (Wildman–Crippen MR) is 76.4 cm³/mol. The van der Waals surface area contributed by atoms with Crippen LogP contribution < -0.4 is 10.5 Å². The number of nitrogens with two attached hydrogens (primary N) is 1. The van der Waals surface area contributed by atoms with Crippen molar-refractivity contribution in [3.63, 3.8) is 0 Å². The van der Waals surface area contributed by atoms with E-state index in [1.54, 1.807) is 0 Å². The summed E-state index contributed by atoms with van der Waals surface area (Å²) >= 11 is 8.88. The van der Waals surface area contributed by atoms with Gasteiger partial charge >= 0.3 is 0 Å². The minimum Gasteiger partial charge on any atom is -0.326 e. The van der Waals surface area contributed by atoms with Crippen molar-refractivity contribution in [3.8, 4) is 0 Å². The molecule has 0 spiro atoms. The van der Waals surface area contributed by atoms with Gasteiger partial charge in [0.1, 0.15) is 5.82 Å². The van der Waals surface area contributed by atoms with E-state index in [1.165, 1.54) is 6.20 Å². The van der Waals surface area contributed by atoms with Gasteiger partial charge in [0.15, 0.2) is 5.03 Å². The molecule has 0 radical (unpaired) electrons. The molecule has 1 aromatic heterocycles. The smallest absolute Gasteiger partial charge is 0.279 e. The van der Waals surface area contributed by atoms with Crippen molar-refractivity contribution in [2.45, 2.75) is 11.6 Å². The molecule has 1 heterocycles. The highest BCUT2D eigenvalue weighted by molar-refractivity contribution is 9.10. The molecular formula is C10H9BrClFN4O2S. The van der Waals surface area contributed by atoms with E-state index in [4.69, 9.17) is 17.3 Å². The molecule has 0 aliphatic rings. The minimum absolute atomic E-state index is 0.00502. The van der Waals surface area contributed by atoms with E-state index in [1.807, 2.05) is 0 Å². The molecule has 0 aliphatic heterocycles. The molecule has 0 fully saturated rings. The third kappa shape index (κ3) is 2.95. The molecule has 20 heavy (non-hydrogen) atoms. The number of nitrogens with one attached hydrogen (secondary N) is 2. The number of H-pyrrole nitrogens is 1. The van der Waals surface area contributed by atoms with E-state index < -0.39 is 15.8 Å². The maximum absolute atomic E-state index is 13.1. The average molecular weight is 384 g/mol. The summed E-state index contributed by atoms with van der Waals surface area (Å²) in [6, 6.07) is 2.10. The van der Waals surface area contributed by atoms with Crippen LogP contribution in [0.2, 0.25) is 5.02 Å². The molecule has 1 aromatic carbocycles. The number of anilines is 1. The third-order valence-corrected chi connectivity index (χ3v) is 4.70. The highest BCUT2D eigenvalue weighted by Crippen LogP contribution is 2.33. The first-order valence-corrected chi connectivity index (χ1v) is 7.90. The molecule has 0 saturated heterocycles. The quantitative estimate of drug-likeness (QED) is 0.753. The Morgan fingerprint density at radius 1 is 1.50 bits per heavy atom. The van der Waals surface area contributed by atoms with Crippen LogP contribution in [0.3, 0.4) is 0 Å². The van der Waals surface area contributed by atoms with Crippen molar-refractivity contribution in [1.82, 2.24) is 10.2 Å². The highest BCUT2D eigenvalue weighted by Gasteiger charge is 2.22. The Labute approximate surface area is 127 Å². The fraction of sp³-hybridized carbons (Fsp3) is 0.100. The summed E-state index contributed by atoms with van der Waals surface area (Å²) in [5.41, 5.74) is 5.79. The molecule has 0 atom stereocenters. The SMILES string of the molecule is NCc1cn[nH]c1S(=O)(=O)Nc1c(Cl)cc(F)cc1Br. The molecular weight excluding hydrogens is 375 g/mol. The van der Waals surface area contributed by atoms with Crippen LogP contribution in [0.25, 0.3) is 0 Å². The summed E-state index contributed by atoms with van der Waals surface area (Å²) in [6.07, 6.45) is 1.32. The maximum atomic E-state index is 13.1. The summed E-state index contributed by atoms with van der Waals surface area (Å²) in [4.78, 5) is 0. The molecule has 10 heteroatoms. The number of aromatic amines is 1. The predicted octanol–water partition coefficient (Wildman–Crippen LogP) is 2.22. The van der Waals surface area contributed by atoms with Gasteiger partial charge in [-0.05, 0) is 28.1 Å². The van der Waals surface area contributed by atoms with Gasteiger partial charge in [0.25, 0.3) is 10.0 Å². The van der Waals surface area contributed by atoms with Gasteiger partial charge in [-0.1, -0.05) is 11.6 Å². The van der Waals surface area contributed by atoms with E-state index >= 15 is 0 Å². The molecule has 2 aromatic rings. The lowest BCUT2D eigenvalue weighted by molar-refractivity contribution is 0.595. The Morgan fingerprint density at radius 3 is 2.80 bits per heavy atom. The first kappa shape index (κ1) is 15.2. The Balaban J connectivity index is 2.44. The monoisotopic (exact) mass is 382 g/mol. The Bertz CT molecular complexity index is 726. The molecule has 0 amide bonds. The summed E-state index contributed by atoms with van der Waals surface area (Å²) in [5.74, 6) is -0.589. The van der Waals surface area contributed by atoms with Gasteiger partial charge in [0.05, 0.1) is 16.9 Å². The zero-order valence-corrected chi connectivity index (χ0v) is 13.0. The van der Waals surface area contributed by atoms with Crippen LogP contribution >= 0.6 is 27.5 Å². The van der Waals surface area contributed by atoms with Crippen LogP contribution in [0.1, 0.15) is 5.56 Å². The maximum Gasteiger partial charge on any atom is 0.279 e. The van der Waals surface area contributed by atoms with Gasteiger partial charge in [0.2, 0.25) is 0 Å². The van der Waals surface area contributed by atoms with Crippen LogP contribution in [-0.2, 0) is 16.6 Å². The molecule has 6 nitrogen and oxygen atoms in total. The molecule has 0 saturated carbocycles. The molecule has 108 valence electrons. The zero-order valence-electron chi connectivity index (χ0n) is 9.82. The van der Waals surface area contributed by atoms with Crippen molar-refractivity contribution in [3.05, 3.63) is 39.2 Å². The number of sulfonamides is 1. The van der Waals surface area contributed by atoms with Crippen molar-refractivity contribution in [1.29, 1.82) is 0 Å². The van der Waals surface area contributed by atoms with Gasteiger partial charge in [0, 0.05) is 16.6 Å². The average Bonchev–Trinajstić information content (AvgIpc) is 2.83. The largest absolute Gasteiger partial charge is 0.326 e. The number of aromatic nitrogens is 2. The summed E-state index contributed by atoms with van der Waals surface area (Å²) in [6.45, 7) is 0.00502. The van der Waals surface area contributed by atoms with Crippen molar-refractivity contribution >= 4 is 43.2 Å². The normalized spacial score (nSPS) is 11.6.